The Bertz CT molecular complexity index is 587. The Morgan fingerprint density at radius 2 is 2.32 bits per heavy atom. The lowest BCUT2D eigenvalue weighted by Gasteiger charge is -2.30. The van der Waals surface area contributed by atoms with Crippen LogP contribution < -0.4 is 11.2 Å². The molecule has 1 aliphatic heterocycles. The molecule has 0 aromatic heterocycles. The summed E-state index contributed by atoms with van der Waals surface area (Å²) in [6.07, 6.45) is 1.41. The Balaban J connectivity index is 2.11. The Labute approximate surface area is 129 Å². The van der Waals surface area contributed by atoms with Crippen LogP contribution in [0.1, 0.15) is 34.8 Å². The second-order valence-corrected chi connectivity index (χ2v) is 5.93. The molecule has 0 radical (unpaired) electrons. The Morgan fingerprint density at radius 1 is 1.59 bits per heavy atom. The molecule has 1 unspecified atom stereocenters. The standard InChI is InChI=1S/C16H22FN3O2/c1-10(5-11(2)18)8-20-4-3-12-6-13(16(21)19-22)7-15(17)14(12)9-20/h6-7,11,22H,1,3-5,8-9,18H2,2H3,(H,19,21). The molecule has 5 nitrogen and oxygen atoms in total. The molecular formula is C16H22FN3O2. The first kappa shape index (κ1) is 16.6. The number of hydroxylamine groups is 1. The van der Waals surface area contributed by atoms with Gasteiger partial charge in [-0.1, -0.05) is 12.2 Å². The SMILES string of the molecule is C=C(CC(C)N)CN1CCc2cc(C(=O)NO)cc(F)c2C1. The van der Waals surface area contributed by atoms with E-state index in [9.17, 15) is 9.18 Å². The van der Waals surface area contributed by atoms with E-state index in [4.69, 9.17) is 10.9 Å². The minimum Gasteiger partial charge on any atom is -0.328 e. The van der Waals surface area contributed by atoms with E-state index in [1.54, 1.807) is 6.07 Å². The van der Waals surface area contributed by atoms with Crippen molar-refractivity contribution in [3.05, 3.63) is 46.8 Å². The van der Waals surface area contributed by atoms with Crippen LogP contribution in [0.15, 0.2) is 24.3 Å². The third kappa shape index (κ3) is 3.91. The molecule has 0 saturated heterocycles. The van der Waals surface area contributed by atoms with Crippen molar-refractivity contribution in [1.29, 1.82) is 0 Å². The van der Waals surface area contributed by atoms with Gasteiger partial charge in [0.2, 0.25) is 0 Å². The Hall–Kier alpha value is -1.76. The van der Waals surface area contributed by atoms with Crippen LogP contribution in [-0.2, 0) is 13.0 Å². The summed E-state index contributed by atoms with van der Waals surface area (Å²) in [6.45, 7) is 7.91. The lowest BCUT2D eigenvalue weighted by molar-refractivity contribution is 0.0705. The Morgan fingerprint density at radius 3 is 2.95 bits per heavy atom. The molecule has 1 aromatic rings. The van der Waals surface area contributed by atoms with Crippen molar-refractivity contribution >= 4 is 5.91 Å². The molecule has 22 heavy (non-hydrogen) atoms. The highest BCUT2D eigenvalue weighted by molar-refractivity contribution is 5.93. The second kappa shape index (κ2) is 7.00. The molecule has 1 aromatic carbocycles. The zero-order valence-electron chi connectivity index (χ0n) is 12.7. The summed E-state index contributed by atoms with van der Waals surface area (Å²) in [5, 5.41) is 8.65. The third-order valence-electron chi connectivity index (χ3n) is 3.79. The number of amides is 1. The van der Waals surface area contributed by atoms with E-state index >= 15 is 0 Å². The lowest BCUT2D eigenvalue weighted by Crippen LogP contribution is -2.34. The van der Waals surface area contributed by atoms with Crippen molar-refractivity contribution < 1.29 is 14.4 Å². The number of nitrogens with two attached hydrogens (primary N) is 1. The number of nitrogens with zero attached hydrogens (tertiary/aromatic N) is 1. The molecular weight excluding hydrogens is 285 g/mol. The Kier molecular flexibility index (Phi) is 5.28. The molecule has 2 rings (SSSR count). The van der Waals surface area contributed by atoms with Gasteiger partial charge < -0.3 is 5.73 Å². The van der Waals surface area contributed by atoms with E-state index in [-0.39, 0.29) is 11.6 Å². The highest BCUT2D eigenvalue weighted by atomic mass is 19.1. The van der Waals surface area contributed by atoms with E-state index in [1.165, 1.54) is 5.48 Å². The molecule has 0 fully saturated rings. The van der Waals surface area contributed by atoms with Gasteiger partial charge in [0.1, 0.15) is 5.82 Å². The van der Waals surface area contributed by atoms with Crippen LogP contribution in [0.3, 0.4) is 0 Å². The fourth-order valence-corrected chi connectivity index (χ4v) is 2.84. The summed E-state index contributed by atoms with van der Waals surface area (Å²) in [4.78, 5) is 13.5. The number of hydrogen-bond donors (Lipinski definition) is 3. The van der Waals surface area contributed by atoms with Crippen molar-refractivity contribution in [3.63, 3.8) is 0 Å². The average molecular weight is 307 g/mol. The van der Waals surface area contributed by atoms with E-state index < -0.39 is 11.7 Å². The molecule has 0 aliphatic carbocycles. The summed E-state index contributed by atoms with van der Waals surface area (Å²) >= 11 is 0. The highest BCUT2D eigenvalue weighted by Crippen LogP contribution is 2.24. The first-order chi connectivity index (χ1) is 10.4. The van der Waals surface area contributed by atoms with Gasteiger partial charge in [-0.3, -0.25) is 14.9 Å². The van der Waals surface area contributed by atoms with Crippen molar-refractivity contribution in [2.45, 2.75) is 32.4 Å². The normalized spacial score (nSPS) is 16.0. The van der Waals surface area contributed by atoms with Crippen molar-refractivity contribution in [1.82, 2.24) is 10.4 Å². The van der Waals surface area contributed by atoms with Crippen LogP contribution >= 0.6 is 0 Å². The van der Waals surface area contributed by atoms with Gasteiger partial charge in [-0.2, -0.15) is 0 Å². The molecule has 1 amide bonds. The molecule has 1 heterocycles. The second-order valence-electron chi connectivity index (χ2n) is 5.93. The number of carbonyl (C=O) groups excluding carboxylic acids is 1. The van der Waals surface area contributed by atoms with Gasteiger partial charge in [-0.05, 0) is 37.5 Å². The van der Waals surface area contributed by atoms with E-state index in [0.717, 1.165) is 30.2 Å². The van der Waals surface area contributed by atoms with Gasteiger partial charge in [0.05, 0.1) is 0 Å². The van der Waals surface area contributed by atoms with Gasteiger partial charge in [0, 0.05) is 36.8 Å². The fraction of sp³-hybridized carbons (Fsp3) is 0.438. The van der Waals surface area contributed by atoms with Gasteiger partial charge in [0.25, 0.3) is 5.91 Å². The molecule has 1 atom stereocenters. The van der Waals surface area contributed by atoms with Crippen LogP contribution in [0.2, 0.25) is 0 Å². The number of carbonyl (C=O) groups is 1. The molecule has 6 heteroatoms. The maximum atomic E-state index is 14.2. The quantitative estimate of drug-likeness (QED) is 0.438. The fourth-order valence-electron chi connectivity index (χ4n) is 2.84. The first-order valence-corrected chi connectivity index (χ1v) is 7.31. The average Bonchev–Trinajstić information content (AvgIpc) is 2.45. The lowest BCUT2D eigenvalue weighted by atomic mass is 9.95. The van der Waals surface area contributed by atoms with E-state index in [0.29, 0.717) is 25.1 Å². The van der Waals surface area contributed by atoms with Crippen LogP contribution in [0.5, 0.6) is 0 Å². The van der Waals surface area contributed by atoms with E-state index in [1.807, 2.05) is 6.92 Å². The summed E-state index contributed by atoms with van der Waals surface area (Å²) in [5.74, 6) is -1.12. The van der Waals surface area contributed by atoms with Crippen molar-refractivity contribution in [2.75, 3.05) is 13.1 Å². The monoisotopic (exact) mass is 307 g/mol. The zero-order chi connectivity index (χ0) is 16.3. The summed E-state index contributed by atoms with van der Waals surface area (Å²) < 4.78 is 14.2. The number of benzene rings is 1. The molecule has 1 aliphatic rings. The van der Waals surface area contributed by atoms with Gasteiger partial charge in [-0.15, -0.1) is 0 Å². The molecule has 120 valence electrons. The number of nitrogens with one attached hydrogen (secondary N) is 1. The molecule has 0 spiro atoms. The summed E-state index contributed by atoms with van der Waals surface area (Å²) in [7, 11) is 0. The number of rotatable bonds is 5. The van der Waals surface area contributed by atoms with Gasteiger partial charge in [-0.25, -0.2) is 9.87 Å². The highest BCUT2D eigenvalue weighted by Gasteiger charge is 2.22. The van der Waals surface area contributed by atoms with Crippen LogP contribution in [0.25, 0.3) is 0 Å². The number of hydrogen-bond acceptors (Lipinski definition) is 4. The predicted octanol–water partition coefficient (Wildman–Crippen LogP) is 1.60. The van der Waals surface area contributed by atoms with Gasteiger partial charge in [0.15, 0.2) is 0 Å². The summed E-state index contributed by atoms with van der Waals surface area (Å²) in [6, 6.07) is 2.86. The molecule has 0 saturated carbocycles. The summed E-state index contributed by atoms with van der Waals surface area (Å²) in [5.41, 5.74) is 9.88. The zero-order valence-corrected chi connectivity index (χ0v) is 12.7. The predicted molar refractivity (Wildman–Crippen MR) is 82.0 cm³/mol. The topological polar surface area (TPSA) is 78.6 Å². The number of fused-ring (bicyclic) bond motifs is 1. The van der Waals surface area contributed by atoms with Crippen molar-refractivity contribution in [3.8, 4) is 0 Å². The van der Waals surface area contributed by atoms with Crippen LogP contribution in [-0.4, -0.2) is 35.1 Å². The molecule has 4 N–H and O–H groups in total. The minimum atomic E-state index is -0.700. The third-order valence-corrected chi connectivity index (χ3v) is 3.79. The van der Waals surface area contributed by atoms with E-state index in [2.05, 4.69) is 11.5 Å². The minimum absolute atomic E-state index is 0.0702. The van der Waals surface area contributed by atoms with Crippen LogP contribution in [0.4, 0.5) is 4.39 Å². The first-order valence-electron chi connectivity index (χ1n) is 7.31. The molecule has 0 bridgehead atoms. The van der Waals surface area contributed by atoms with Crippen molar-refractivity contribution in [2.24, 2.45) is 5.73 Å². The maximum Gasteiger partial charge on any atom is 0.274 e. The number of halogens is 1. The van der Waals surface area contributed by atoms with Gasteiger partial charge >= 0.3 is 0 Å². The largest absolute Gasteiger partial charge is 0.328 e. The maximum absolute atomic E-state index is 14.2. The van der Waals surface area contributed by atoms with Crippen LogP contribution in [0, 0.1) is 5.82 Å². The smallest absolute Gasteiger partial charge is 0.274 e.